The lowest BCUT2D eigenvalue weighted by Gasteiger charge is -2.22. The average molecular weight is 420 g/mol. The SMILES string of the molecule is COC[C@H](NC(C)=O)C(=O)N[C@@H](CCC(=O)C=N)C(=O)NCc1ccc(OC)cc1. The summed E-state index contributed by atoms with van der Waals surface area (Å²) < 4.78 is 10.0. The van der Waals surface area contributed by atoms with Gasteiger partial charge in [0.2, 0.25) is 17.7 Å². The summed E-state index contributed by atoms with van der Waals surface area (Å²) in [4.78, 5) is 47.9. The van der Waals surface area contributed by atoms with Gasteiger partial charge in [0.15, 0.2) is 5.78 Å². The number of hydrogen-bond donors (Lipinski definition) is 4. The molecule has 0 aliphatic carbocycles. The molecular formula is C20H28N4O6. The standard InChI is InChI=1S/C20H28N4O6/c1-13(25)23-18(12-29-2)20(28)24-17(9-6-15(26)10-21)19(27)22-11-14-4-7-16(30-3)8-5-14/h4-5,7-8,10,17-18,21H,6,9,11-12H2,1-3H3,(H,22,27)(H,23,25)(H,24,28)/t17-,18-/m0/s1. The molecule has 0 aromatic heterocycles. The zero-order chi connectivity index (χ0) is 22.5. The molecule has 3 amide bonds. The molecule has 0 unspecified atom stereocenters. The topological polar surface area (TPSA) is 147 Å². The lowest BCUT2D eigenvalue weighted by atomic mass is 10.1. The van der Waals surface area contributed by atoms with Gasteiger partial charge in [0.25, 0.3) is 0 Å². The van der Waals surface area contributed by atoms with Gasteiger partial charge in [-0.1, -0.05) is 12.1 Å². The van der Waals surface area contributed by atoms with E-state index in [2.05, 4.69) is 16.0 Å². The quantitative estimate of drug-likeness (QED) is 0.329. The third kappa shape index (κ3) is 8.82. The molecule has 1 aromatic rings. The Kier molecular flexibility index (Phi) is 10.8. The smallest absolute Gasteiger partial charge is 0.245 e. The van der Waals surface area contributed by atoms with E-state index in [-0.39, 0.29) is 26.0 Å². The van der Waals surface area contributed by atoms with Crippen LogP contribution in [-0.2, 0) is 30.5 Å². The molecule has 0 radical (unpaired) electrons. The maximum atomic E-state index is 12.6. The third-order valence-corrected chi connectivity index (χ3v) is 4.13. The second-order valence-corrected chi connectivity index (χ2v) is 6.48. The molecule has 0 heterocycles. The van der Waals surface area contributed by atoms with E-state index in [0.717, 1.165) is 5.56 Å². The number of ether oxygens (including phenoxy) is 2. The van der Waals surface area contributed by atoms with Gasteiger partial charge in [-0.2, -0.15) is 0 Å². The Morgan fingerprint density at radius 2 is 1.70 bits per heavy atom. The normalized spacial score (nSPS) is 12.2. The maximum Gasteiger partial charge on any atom is 0.245 e. The van der Waals surface area contributed by atoms with E-state index in [1.807, 2.05) is 0 Å². The number of nitrogens with one attached hydrogen (secondary N) is 4. The van der Waals surface area contributed by atoms with E-state index < -0.39 is 35.6 Å². The Labute approximate surface area is 175 Å². The molecule has 0 bridgehead atoms. The monoisotopic (exact) mass is 420 g/mol. The van der Waals surface area contributed by atoms with Crippen LogP contribution in [0.4, 0.5) is 0 Å². The third-order valence-electron chi connectivity index (χ3n) is 4.13. The Bertz CT molecular complexity index is 750. The predicted molar refractivity (Wildman–Crippen MR) is 109 cm³/mol. The minimum absolute atomic E-state index is 0.00811. The van der Waals surface area contributed by atoms with Crippen LogP contribution in [0.5, 0.6) is 5.75 Å². The molecular weight excluding hydrogens is 392 g/mol. The molecule has 0 fully saturated rings. The van der Waals surface area contributed by atoms with Crippen molar-refractivity contribution >= 4 is 29.7 Å². The van der Waals surface area contributed by atoms with Crippen molar-refractivity contribution in [3.8, 4) is 5.75 Å². The molecule has 0 spiro atoms. The lowest BCUT2D eigenvalue weighted by Crippen LogP contribution is -2.54. The van der Waals surface area contributed by atoms with E-state index in [1.165, 1.54) is 14.0 Å². The van der Waals surface area contributed by atoms with E-state index >= 15 is 0 Å². The van der Waals surface area contributed by atoms with Crippen LogP contribution in [0.2, 0.25) is 0 Å². The first-order valence-corrected chi connectivity index (χ1v) is 9.31. The number of rotatable bonds is 13. The molecule has 4 N–H and O–H groups in total. The van der Waals surface area contributed by atoms with Crippen LogP contribution in [-0.4, -0.2) is 62.6 Å². The minimum atomic E-state index is -1.02. The summed E-state index contributed by atoms with van der Waals surface area (Å²) in [7, 11) is 2.93. The van der Waals surface area contributed by atoms with Gasteiger partial charge < -0.3 is 30.8 Å². The van der Waals surface area contributed by atoms with Crippen molar-refractivity contribution in [2.45, 2.75) is 38.4 Å². The Balaban J connectivity index is 2.81. The Morgan fingerprint density at radius 3 is 2.23 bits per heavy atom. The molecule has 0 aliphatic heterocycles. The number of benzene rings is 1. The summed E-state index contributed by atoms with van der Waals surface area (Å²) in [5.74, 6) is -1.31. The van der Waals surface area contributed by atoms with Crippen molar-refractivity contribution in [1.82, 2.24) is 16.0 Å². The first kappa shape index (κ1) is 24.8. The molecule has 0 saturated carbocycles. The van der Waals surface area contributed by atoms with Crippen molar-refractivity contribution in [3.05, 3.63) is 29.8 Å². The number of carbonyl (C=O) groups excluding carboxylic acids is 4. The summed E-state index contributed by atoms with van der Waals surface area (Å²) >= 11 is 0. The van der Waals surface area contributed by atoms with E-state index in [1.54, 1.807) is 31.4 Å². The fraction of sp³-hybridized carbons (Fsp3) is 0.450. The van der Waals surface area contributed by atoms with Gasteiger partial charge in [-0.05, 0) is 24.1 Å². The first-order valence-electron chi connectivity index (χ1n) is 9.31. The van der Waals surface area contributed by atoms with Gasteiger partial charge in [0.05, 0.1) is 19.9 Å². The zero-order valence-electron chi connectivity index (χ0n) is 17.3. The summed E-state index contributed by atoms with van der Waals surface area (Å²) in [5, 5.41) is 14.7. The Hall–Kier alpha value is -3.27. The van der Waals surface area contributed by atoms with Gasteiger partial charge >= 0.3 is 0 Å². The fourth-order valence-corrected chi connectivity index (χ4v) is 2.55. The number of hydrogen-bond acceptors (Lipinski definition) is 7. The van der Waals surface area contributed by atoms with Gasteiger partial charge in [-0.3, -0.25) is 19.2 Å². The molecule has 2 atom stereocenters. The highest BCUT2D eigenvalue weighted by molar-refractivity contribution is 6.26. The molecule has 10 heteroatoms. The van der Waals surface area contributed by atoms with Crippen molar-refractivity contribution < 1.29 is 28.7 Å². The van der Waals surface area contributed by atoms with Crippen molar-refractivity contribution in [2.24, 2.45) is 0 Å². The van der Waals surface area contributed by atoms with Gasteiger partial charge in [-0.25, -0.2) is 0 Å². The summed E-state index contributed by atoms with van der Waals surface area (Å²) in [6.45, 7) is 1.39. The highest BCUT2D eigenvalue weighted by atomic mass is 16.5. The van der Waals surface area contributed by atoms with Crippen LogP contribution < -0.4 is 20.7 Å². The van der Waals surface area contributed by atoms with Gasteiger partial charge in [-0.15, -0.1) is 0 Å². The average Bonchev–Trinajstić information content (AvgIpc) is 2.74. The number of amides is 3. The molecule has 164 valence electrons. The van der Waals surface area contributed by atoms with E-state index in [9.17, 15) is 19.2 Å². The number of carbonyl (C=O) groups is 4. The number of Topliss-reactive ketones (excluding diaryl/α,β-unsaturated/α-hetero) is 1. The van der Waals surface area contributed by atoms with Crippen LogP contribution in [0, 0.1) is 5.41 Å². The summed E-state index contributed by atoms with van der Waals surface area (Å²) in [5.41, 5.74) is 0.820. The highest BCUT2D eigenvalue weighted by Gasteiger charge is 2.26. The van der Waals surface area contributed by atoms with Crippen LogP contribution in [0.1, 0.15) is 25.3 Å². The molecule has 0 saturated heterocycles. The van der Waals surface area contributed by atoms with Crippen LogP contribution in [0.25, 0.3) is 0 Å². The predicted octanol–water partition coefficient (Wildman–Crippen LogP) is -0.0538. The van der Waals surface area contributed by atoms with Crippen molar-refractivity contribution in [2.75, 3.05) is 20.8 Å². The molecule has 0 aliphatic rings. The lowest BCUT2D eigenvalue weighted by molar-refractivity contribution is -0.133. The maximum absolute atomic E-state index is 12.6. The fourth-order valence-electron chi connectivity index (χ4n) is 2.55. The largest absolute Gasteiger partial charge is 0.497 e. The molecule has 30 heavy (non-hydrogen) atoms. The zero-order valence-corrected chi connectivity index (χ0v) is 17.3. The molecule has 1 aromatic carbocycles. The highest BCUT2D eigenvalue weighted by Crippen LogP contribution is 2.11. The van der Waals surface area contributed by atoms with Crippen LogP contribution in [0.3, 0.4) is 0 Å². The van der Waals surface area contributed by atoms with Crippen molar-refractivity contribution in [3.63, 3.8) is 0 Å². The number of ketones is 1. The van der Waals surface area contributed by atoms with Crippen LogP contribution >= 0.6 is 0 Å². The van der Waals surface area contributed by atoms with Crippen molar-refractivity contribution in [1.29, 1.82) is 5.41 Å². The van der Waals surface area contributed by atoms with Crippen LogP contribution in [0.15, 0.2) is 24.3 Å². The number of methoxy groups -OCH3 is 2. The van der Waals surface area contributed by atoms with E-state index in [0.29, 0.717) is 12.0 Å². The summed E-state index contributed by atoms with van der Waals surface area (Å²) in [6, 6.07) is 5.09. The minimum Gasteiger partial charge on any atom is -0.497 e. The van der Waals surface area contributed by atoms with Gasteiger partial charge in [0.1, 0.15) is 17.8 Å². The van der Waals surface area contributed by atoms with Gasteiger partial charge in [0, 0.05) is 27.0 Å². The molecule has 1 rings (SSSR count). The molecule has 10 nitrogen and oxygen atoms in total. The Morgan fingerprint density at radius 1 is 1.03 bits per heavy atom. The second kappa shape index (κ2) is 13.0. The van der Waals surface area contributed by atoms with E-state index in [4.69, 9.17) is 14.9 Å². The summed E-state index contributed by atoms with van der Waals surface area (Å²) in [6.07, 6.45) is 0.590. The second-order valence-electron chi connectivity index (χ2n) is 6.48. The first-order chi connectivity index (χ1) is 14.3.